The van der Waals surface area contributed by atoms with Crippen LogP contribution in [0.25, 0.3) is 11.0 Å². The minimum absolute atomic E-state index is 0.0917. The first-order valence-corrected chi connectivity index (χ1v) is 7.13. The van der Waals surface area contributed by atoms with Crippen LogP contribution in [0.2, 0.25) is 0 Å². The Balaban J connectivity index is 1.98. The molecular formula is C14H18F2N6. The molecule has 0 amide bonds. The molecule has 0 aromatic carbocycles. The molecule has 1 atom stereocenters. The number of rotatable bonds is 2. The molecule has 1 aliphatic heterocycles. The maximum absolute atomic E-state index is 13.9. The predicted octanol–water partition coefficient (Wildman–Crippen LogP) is 1.63. The molecule has 3 heterocycles. The van der Waals surface area contributed by atoms with E-state index in [4.69, 9.17) is 5.73 Å². The van der Waals surface area contributed by atoms with Gasteiger partial charge in [-0.3, -0.25) is 0 Å². The van der Waals surface area contributed by atoms with E-state index in [9.17, 15) is 8.78 Å². The van der Waals surface area contributed by atoms with Crippen LogP contribution in [0.15, 0.2) is 6.07 Å². The van der Waals surface area contributed by atoms with E-state index in [0.29, 0.717) is 17.6 Å². The number of nitrogen functional groups attached to an aromatic ring is 1. The first-order valence-electron chi connectivity index (χ1n) is 7.13. The third-order valence-electron chi connectivity index (χ3n) is 3.80. The summed E-state index contributed by atoms with van der Waals surface area (Å²) >= 11 is 0. The van der Waals surface area contributed by atoms with E-state index in [1.165, 1.54) is 0 Å². The summed E-state index contributed by atoms with van der Waals surface area (Å²) in [6.45, 7) is 3.90. The van der Waals surface area contributed by atoms with Gasteiger partial charge >= 0.3 is 0 Å². The minimum Gasteiger partial charge on any atom is -0.383 e. The molecule has 3 rings (SSSR count). The van der Waals surface area contributed by atoms with Crippen molar-refractivity contribution in [3.8, 4) is 0 Å². The van der Waals surface area contributed by atoms with Crippen LogP contribution in [0.1, 0.15) is 17.7 Å². The van der Waals surface area contributed by atoms with Crippen molar-refractivity contribution in [2.24, 2.45) is 0 Å². The molecule has 118 valence electrons. The Labute approximate surface area is 126 Å². The van der Waals surface area contributed by atoms with Crippen molar-refractivity contribution >= 4 is 22.8 Å². The molecule has 2 aromatic rings. The van der Waals surface area contributed by atoms with Crippen LogP contribution in [-0.4, -0.2) is 40.0 Å². The molecule has 6 nitrogen and oxygen atoms in total. The lowest BCUT2D eigenvalue weighted by Gasteiger charge is -2.32. The Hall–Kier alpha value is -2.09. The van der Waals surface area contributed by atoms with E-state index in [2.05, 4.69) is 25.6 Å². The van der Waals surface area contributed by atoms with Crippen molar-refractivity contribution in [1.82, 2.24) is 20.3 Å². The second-order valence-corrected chi connectivity index (χ2v) is 5.64. The molecule has 0 bridgehead atoms. The Bertz CT molecular complexity index is 718. The number of hydrogen-bond acceptors (Lipinski definition) is 6. The van der Waals surface area contributed by atoms with Crippen LogP contribution in [0.4, 0.5) is 20.5 Å². The summed E-state index contributed by atoms with van der Waals surface area (Å²) in [5.41, 5.74) is 8.08. The zero-order valence-corrected chi connectivity index (χ0v) is 12.5. The standard InChI is InChI=1S/C14H18F2N6/c1-7-5-8(2)19-12-10(7)11(17)21-13(22-12)20-9-3-4-18-6-14(9,15)16/h5,9,18H,3-4,6H2,1-2H3,(H3,17,19,20,21,22)/t9-/m0/s1. The topological polar surface area (TPSA) is 88.8 Å². The normalized spacial score (nSPS) is 21.0. The number of nitrogens with zero attached hydrogens (tertiary/aromatic N) is 3. The van der Waals surface area contributed by atoms with Gasteiger partial charge < -0.3 is 16.4 Å². The Morgan fingerprint density at radius 2 is 2.09 bits per heavy atom. The number of piperidine rings is 1. The van der Waals surface area contributed by atoms with Gasteiger partial charge in [-0.25, -0.2) is 13.8 Å². The number of nitrogens with two attached hydrogens (primary N) is 1. The fourth-order valence-electron chi connectivity index (χ4n) is 2.74. The number of anilines is 2. The average molecular weight is 308 g/mol. The molecule has 8 heteroatoms. The fourth-order valence-corrected chi connectivity index (χ4v) is 2.74. The van der Waals surface area contributed by atoms with Crippen molar-refractivity contribution in [2.45, 2.75) is 32.2 Å². The quantitative estimate of drug-likeness (QED) is 0.781. The van der Waals surface area contributed by atoms with Crippen LogP contribution in [-0.2, 0) is 0 Å². The second kappa shape index (κ2) is 5.28. The first-order chi connectivity index (χ1) is 10.4. The molecule has 4 N–H and O–H groups in total. The highest BCUT2D eigenvalue weighted by Gasteiger charge is 2.42. The van der Waals surface area contributed by atoms with E-state index < -0.39 is 12.0 Å². The Kier molecular flexibility index (Phi) is 3.56. The summed E-state index contributed by atoms with van der Waals surface area (Å²) in [5, 5.41) is 6.05. The number of halogens is 2. The van der Waals surface area contributed by atoms with Crippen LogP contribution < -0.4 is 16.4 Å². The zero-order chi connectivity index (χ0) is 15.9. The van der Waals surface area contributed by atoms with Crippen LogP contribution in [0.3, 0.4) is 0 Å². The lowest BCUT2D eigenvalue weighted by molar-refractivity contribution is -0.0323. The Morgan fingerprint density at radius 1 is 1.32 bits per heavy atom. The summed E-state index contributed by atoms with van der Waals surface area (Å²) < 4.78 is 27.7. The van der Waals surface area contributed by atoms with Gasteiger partial charge in [0.15, 0.2) is 5.65 Å². The van der Waals surface area contributed by atoms with Crippen molar-refractivity contribution in [3.05, 3.63) is 17.3 Å². The molecule has 0 saturated carbocycles. The van der Waals surface area contributed by atoms with Gasteiger partial charge in [0.05, 0.1) is 18.0 Å². The highest BCUT2D eigenvalue weighted by molar-refractivity contribution is 5.89. The summed E-state index contributed by atoms with van der Waals surface area (Å²) in [7, 11) is 0. The van der Waals surface area contributed by atoms with Gasteiger partial charge in [-0.2, -0.15) is 9.97 Å². The molecule has 22 heavy (non-hydrogen) atoms. The van der Waals surface area contributed by atoms with Gasteiger partial charge in [-0.1, -0.05) is 0 Å². The highest BCUT2D eigenvalue weighted by atomic mass is 19.3. The molecule has 1 fully saturated rings. The first kappa shape index (κ1) is 14.8. The van der Waals surface area contributed by atoms with E-state index in [-0.39, 0.29) is 24.7 Å². The second-order valence-electron chi connectivity index (χ2n) is 5.64. The number of alkyl halides is 2. The molecule has 1 aliphatic rings. The average Bonchev–Trinajstić information content (AvgIpc) is 2.39. The SMILES string of the molecule is Cc1cc(C)c2c(N)nc(N[C@H]3CCNCC3(F)F)nc2n1. The van der Waals surface area contributed by atoms with Gasteiger partial charge in [0.2, 0.25) is 5.95 Å². The Morgan fingerprint density at radius 3 is 2.82 bits per heavy atom. The van der Waals surface area contributed by atoms with Crippen LogP contribution >= 0.6 is 0 Å². The molecule has 0 spiro atoms. The van der Waals surface area contributed by atoms with E-state index in [1.807, 2.05) is 19.9 Å². The van der Waals surface area contributed by atoms with Crippen molar-refractivity contribution in [1.29, 1.82) is 0 Å². The molecule has 1 saturated heterocycles. The van der Waals surface area contributed by atoms with Gasteiger partial charge in [0, 0.05) is 5.69 Å². The van der Waals surface area contributed by atoms with Crippen molar-refractivity contribution in [2.75, 3.05) is 24.1 Å². The van der Waals surface area contributed by atoms with Gasteiger partial charge in [-0.05, 0) is 38.4 Å². The largest absolute Gasteiger partial charge is 0.383 e. The molecule has 0 unspecified atom stereocenters. The lowest BCUT2D eigenvalue weighted by atomic mass is 10.0. The minimum atomic E-state index is -2.86. The van der Waals surface area contributed by atoms with E-state index in [0.717, 1.165) is 11.3 Å². The fraction of sp³-hybridized carbons (Fsp3) is 0.500. The maximum Gasteiger partial charge on any atom is 0.280 e. The highest BCUT2D eigenvalue weighted by Crippen LogP contribution is 2.27. The number of hydrogen-bond donors (Lipinski definition) is 3. The number of nitrogens with one attached hydrogen (secondary N) is 2. The van der Waals surface area contributed by atoms with Gasteiger partial charge in [-0.15, -0.1) is 0 Å². The number of aryl methyl sites for hydroxylation is 2. The molecule has 0 aliphatic carbocycles. The summed E-state index contributed by atoms with van der Waals surface area (Å²) in [5.74, 6) is -2.52. The lowest BCUT2D eigenvalue weighted by Crippen LogP contribution is -2.53. The van der Waals surface area contributed by atoms with E-state index in [1.54, 1.807) is 0 Å². The number of aromatic nitrogens is 3. The van der Waals surface area contributed by atoms with E-state index >= 15 is 0 Å². The summed E-state index contributed by atoms with van der Waals surface area (Å²) in [4.78, 5) is 12.7. The monoisotopic (exact) mass is 308 g/mol. The van der Waals surface area contributed by atoms with Crippen LogP contribution in [0.5, 0.6) is 0 Å². The third-order valence-corrected chi connectivity index (χ3v) is 3.80. The number of pyridine rings is 1. The predicted molar refractivity (Wildman–Crippen MR) is 81.1 cm³/mol. The van der Waals surface area contributed by atoms with Crippen LogP contribution in [0, 0.1) is 13.8 Å². The number of fused-ring (bicyclic) bond motifs is 1. The molecule has 2 aromatic heterocycles. The zero-order valence-electron chi connectivity index (χ0n) is 12.5. The van der Waals surface area contributed by atoms with Gasteiger partial charge in [0.25, 0.3) is 5.92 Å². The van der Waals surface area contributed by atoms with Gasteiger partial charge in [0.1, 0.15) is 5.82 Å². The van der Waals surface area contributed by atoms with Crippen molar-refractivity contribution < 1.29 is 8.78 Å². The molecule has 0 radical (unpaired) electrons. The summed E-state index contributed by atoms with van der Waals surface area (Å²) in [6, 6.07) is 0.868. The maximum atomic E-state index is 13.9. The smallest absolute Gasteiger partial charge is 0.280 e. The third kappa shape index (κ3) is 2.66. The van der Waals surface area contributed by atoms with Crippen molar-refractivity contribution in [3.63, 3.8) is 0 Å². The molecular weight excluding hydrogens is 290 g/mol. The summed E-state index contributed by atoms with van der Waals surface area (Å²) in [6.07, 6.45) is 0.286.